The molecule has 1 aliphatic heterocycles. The van der Waals surface area contributed by atoms with E-state index in [0.29, 0.717) is 0 Å². The van der Waals surface area contributed by atoms with E-state index in [2.05, 4.69) is 42.4 Å². The second kappa shape index (κ2) is 4.94. The normalized spacial score (nSPS) is 19.9. The quantitative estimate of drug-likeness (QED) is 0.805. The van der Waals surface area contributed by atoms with Gasteiger partial charge in [-0.3, -0.25) is 0 Å². The summed E-state index contributed by atoms with van der Waals surface area (Å²) in [7, 11) is 0. The Morgan fingerprint density at radius 2 is 2.11 bits per heavy atom. The van der Waals surface area contributed by atoms with Gasteiger partial charge in [0.15, 0.2) is 6.23 Å². The lowest BCUT2D eigenvalue weighted by molar-refractivity contribution is -0.0383. The van der Waals surface area contributed by atoms with E-state index in [-0.39, 0.29) is 6.23 Å². The number of aromatic nitrogens is 2. The van der Waals surface area contributed by atoms with Gasteiger partial charge in [0.2, 0.25) is 0 Å². The largest absolute Gasteiger partial charge is 0.356 e. The van der Waals surface area contributed by atoms with Crippen molar-refractivity contribution in [2.45, 2.75) is 32.4 Å². The molecule has 1 fully saturated rings. The Morgan fingerprint density at radius 3 is 2.89 bits per heavy atom. The first-order valence-corrected chi connectivity index (χ1v) is 6.57. The highest BCUT2D eigenvalue weighted by Gasteiger charge is 2.19. The van der Waals surface area contributed by atoms with E-state index in [0.717, 1.165) is 25.1 Å². The maximum atomic E-state index is 5.82. The van der Waals surface area contributed by atoms with Crippen LogP contribution in [0.25, 0.3) is 11.3 Å². The summed E-state index contributed by atoms with van der Waals surface area (Å²) in [6.45, 7) is 2.98. The second-order valence-corrected chi connectivity index (χ2v) is 4.80. The standard InChI is InChI=1S/C15H18N2O/c1-12-6-2-3-7-13(12)14-9-10-16-17(14)15-8-4-5-11-18-15/h2-3,6-7,9-10,15H,4-5,8,11H2,1H3. The highest BCUT2D eigenvalue weighted by molar-refractivity contribution is 5.63. The molecule has 18 heavy (non-hydrogen) atoms. The first-order chi connectivity index (χ1) is 8.86. The van der Waals surface area contributed by atoms with Crippen molar-refractivity contribution < 1.29 is 4.74 Å². The molecule has 2 heterocycles. The van der Waals surface area contributed by atoms with Crippen molar-refractivity contribution in [1.29, 1.82) is 0 Å². The van der Waals surface area contributed by atoms with Crippen LogP contribution < -0.4 is 0 Å². The van der Waals surface area contributed by atoms with Crippen molar-refractivity contribution in [2.75, 3.05) is 6.61 Å². The molecule has 2 aromatic rings. The number of ether oxygens (including phenoxy) is 1. The highest BCUT2D eigenvalue weighted by Crippen LogP contribution is 2.29. The molecule has 0 N–H and O–H groups in total. The van der Waals surface area contributed by atoms with Crippen LogP contribution in [0.4, 0.5) is 0 Å². The molecule has 1 atom stereocenters. The van der Waals surface area contributed by atoms with Gasteiger partial charge in [-0.1, -0.05) is 24.3 Å². The van der Waals surface area contributed by atoms with Gasteiger partial charge in [-0.25, -0.2) is 4.68 Å². The number of hydrogen-bond donors (Lipinski definition) is 0. The molecule has 3 heteroatoms. The van der Waals surface area contributed by atoms with Crippen LogP contribution in [0.3, 0.4) is 0 Å². The van der Waals surface area contributed by atoms with Crippen molar-refractivity contribution in [3.63, 3.8) is 0 Å². The smallest absolute Gasteiger partial charge is 0.150 e. The Balaban J connectivity index is 1.98. The maximum absolute atomic E-state index is 5.82. The van der Waals surface area contributed by atoms with Gasteiger partial charge in [0.25, 0.3) is 0 Å². The van der Waals surface area contributed by atoms with Crippen LogP contribution in [0.1, 0.15) is 31.1 Å². The Kier molecular flexibility index (Phi) is 3.15. The van der Waals surface area contributed by atoms with Crippen LogP contribution in [0.5, 0.6) is 0 Å². The SMILES string of the molecule is Cc1ccccc1-c1ccnn1C1CCCCO1. The molecule has 0 spiro atoms. The predicted octanol–water partition coefficient (Wildman–Crippen LogP) is 3.56. The average Bonchev–Trinajstić information content (AvgIpc) is 2.89. The Bertz CT molecular complexity index is 527. The Morgan fingerprint density at radius 1 is 1.22 bits per heavy atom. The lowest BCUT2D eigenvalue weighted by Crippen LogP contribution is -2.19. The van der Waals surface area contributed by atoms with Crippen LogP contribution >= 0.6 is 0 Å². The molecule has 1 unspecified atom stereocenters. The zero-order valence-electron chi connectivity index (χ0n) is 10.7. The summed E-state index contributed by atoms with van der Waals surface area (Å²) in [6.07, 6.45) is 5.40. The van der Waals surface area contributed by atoms with E-state index < -0.39 is 0 Å². The zero-order chi connectivity index (χ0) is 12.4. The molecule has 0 radical (unpaired) electrons. The molecule has 1 aromatic carbocycles. The first-order valence-electron chi connectivity index (χ1n) is 6.57. The number of nitrogens with zero attached hydrogens (tertiary/aromatic N) is 2. The molecule has 0 bridgehead atoms. The topological polar surface area (TPSA) is 27.1 Å². The molecule has 94 valence electrons. The zero-order valence-corrected chi connectivity index (χ0v) is 10.7. The third-order valence-electron chi connectivity index (χ3n) is 3.52. The van der Waals surface area contributed by atoms with Gasteiger partial charge in [0, 0.05) is 18.4 Å². The molecule has 1 aliphatic rings. The number of rotatable bonds is 2. The van der Waals surface area contributed by atoms with Gasteiger partial charge in [0.1, 0.15) is 0 Å². The molecule has 0 amide bonds. The van der Waals surface area contributed by atoms with Crippen molar-refractivity contribution in [1.82, 2.24) is 9.78 Å². The fourth-order valence-electron chi connectivity index (χ4n) is 2.53. The maximum Gasteiger partial charge on any atom is 0.150 e. The average molecular weight is 242 g/mol. The van der Waals surface area contributed by atoms with Gasteiger partial charge < -0.3 is 4.74 Å². The minimum absolute atomic E-state index is 0.100. The third-order valence-corrected chi connectivity index (χ3v) is 3.52. The summed E-state index contributed by atoms with van der Waals surface area (Å²) in [5.74, 6) is 0. The fraction of sp³-hybridized carbons (Fsp3) is 0.400. The molecule has 1 saturated heterocycles. The van der Waals surface area contributed by atoms with Crippen molar-refractivity contribution in [3.8, 4) is 11.3 Å². The summed E-state index contributed by atoms with van der Waals surface area (Å²) < 4.78 is 7.85. The molecule has 0 aliphatic carbocycles. The van der Waals surface area contributed by atoms with E-state index in [1.54, 1.807) is 0 Å². The van der Waals surface area contributed by atoms with E-state index in [1.165, 1.54) is 17.5 Å². The summed E-state index contributed by atoms with van der Waals surface area (Å²) in [4.78, 5) is 0. The van der Waals surface area contributed by atoms with Crippen LogP contribution in [0, 0.1) is 6.92 Å². The molecular formula is C15H18N2O. The minimum Gasteiger partial charge on any atom is -0.356 e. The van der Waals surface area contributed by atoms with E-state index >= 15 is 0 Å². The summed E-state index contributed by atoms with van der Waals surface area (Å²) in [5, 5.41) is 4.45. The van der Waals surface area contributed by atoms with Gasteiger partial charge in [-0.05, 0) is 37.8 Å². The van der Waals surface area contributed by atoms with Crippen LogP contribution in [0.15, 0.2) is 36.5 Å². The Hall–Kier alpha value is -1.61. The van der Waals surface area contributed by atoms with E-state index in [9.17, 15) is 0 Å². The van der Waals surface area contributed by atoms with Crippen LogP contribution in [-0.4, -0.2) is 16.4 Å². The number of aryl methyl sites for hydroxylation is 1. The molecule has 0 saturated carbocycles. The number of benzene rings is 1. The third kappa shape index (κ3) is 2.06. The Labute approximate surface area is 107 Å². The molecular weight excluding hydrogens is 224 g/mol. The van der Waals surface area contributed by atoms with Crippen LogP contribution in [0.2, 0.25) is 0 Å². The van der Waals surface area contributed by atoms with Crippen molar-refractivity contribution >= 4 is 0 Å². The lowest BCUT2D eigenvalue weighted by Gasteiger charge is -2.24. The molecule has 1 aromatic heterocycles. The summed E-state index contributed by atoms with van der Waals surface area (Å²) in [6, 6.07) is 10.5. The lowest BCUT2D eigenvalue weighted by atomic mass is 10.1. The second-order valence-electron chi connectivity index (χ2n) is 4.80. The summed E-state index contributed by atoms with van der Waals surface area (Å²) >= 11 is 0. The first kappa shape index (κ1) is 11.5. The summed E-state index contributed by atoms with van der Waals surface area (Å²) in [5.41, 5.74) is 3.67. The van der Waals surface area contributed by atoms with Gasteiger partial charge in [0.05, 0.1) is 5.69 Å². The molecule has 3 rings (SSSR count). The fourth-order valence-corrected chi connectivity index (χ4v) is 2.53. The van der Waals surface area contributed by atoms with Crippen molar-refractivity contribution in [3.05, 3.63) is 42.1 Å². The van der Waals surface area contributed by atoms with E-state index in [4.69, 9.17) is 4.74 Å². The van der Waals surface area contributed by atoms with Gasteiger partial charge >= 0.3 is 0 Å². The van der Waals surface area contributed by atoms with Gasteiger partial charge in [-0.15, -0.1) is 0 Å². The minimum atomic E-state index is 0.100. The van der Waals surface area contributed by atoms with Gasteiger partial charge in [-0.2, -0.15) is 5.10 Å². The van der Waals surface area contributed by atoms with Crippen LogP contribution in [-0.2, 0) is 4.74 Å². The van der Waals surface area contributed by atoms with Crippen molar-refractivity contribution in [2.24, 2.45) is 0 Å². The monoisotopic (exact) mass is 242 g/mol. The number of hydrogen-bond acceptors (Lipinski definition) is 2. The van der Waals surface area contributed by atoms with E-state index in [1.807, 2.05) is 10.9 Å². The molecule has 3 nitrogen and oxygen atoms in total. The predicted molar refractivity (Wildman–Crippen MR) is 71.2 cm³/mol. The highest BCUT2D eigenvalue weighted by atomic mass is 16.5.